The van der Waals surface area contributed by atoms with Gasteiger partial charge in [-0.15, -0.1) is 16.3 Å². The molecule has 3 aromatic heterocycles. The molecule has 1 aliphatic rings. The van der Waals surface area contributed by atoms with Crippen LogP contribution in [0.1, 0.15) is 16.1 Å². The van der Waals surface area contributed by atoms with Crippen LogP contribution in [0.25, 0.3) is 10.2 Å². The van der Waals surface area contributed by atoms with E-state index in [9.17, 15) is 5.11 Å². The van der Waals surface area contributed by atoms with E-state index in [0.717, 1.165) is 21.5 Å². The Bertz CT molecular complexity index is 989. The van der Waals surface area contributed by atoms with Crippen LogP contribution in [0.5, 0.6) is 0 Å². The Hall–Kier alpha value is -2.72. The lowest BCUT2D eigenvalue weighted by Gasteiger charge is -2.18. The van der Waals surface area contributed by atoms with Gasteiger partial charge < -0.3 is 15.6 Å². The second-order valence-corrected chi connectivity index (χ2v) is 7.03. The lowest BCUT2D eigenvalue weighted by Crippen LogP contribution is -2.62. The van der Waals surface area contributed by atoms with Gasteiger partial charge in [0.25, 0.3) is 6.20 Å². The molecular formula is C16H18N6O3S. The van der Waals surface area contributed by atoms with Crippen LogP contribution in [0.2, 0.25) is 0 Å². The third kappa shape index (κ3) is 2.97. The molecule has 136 valence electrons. The number of aromatic nitrogens is 3. The maximum atomic E-state index is 12.6. The van der Waals surface area contributed by atoms with Crippen molar-refractivity contribution in [1.82, 2.24) is 10.3 Å². The summed E-state index contributed by atoms with van der Waals surface area (Å²) < 4.78 is 10.5. The summed E-state index contributed by atoms with van der Waals surface area (Å²) in [6.07, 6.45) is 1.57. The first kappa shape index (κ1) is 16.7. The number of pyridine rings is 1. The zero-order valence-corrected chi connectivity index (χ0v) is 15.2. The molecule has 26 heavy (non-hydrogen) atoms. The number of ether oxygens (including phenoxy) is 1. The molecule has 9 nitrogen and oxygen atoms in total. The van der Waals surface area contributed by atoms with Crippen molar-refractivity contribution in [1.29, 1.82) is 0 Å². The van der Waals surface area contributed by atoms with Crippen LogP contribution in [-0.2, 0) is 4.74 Å². The minimum atomic E-state index is -0.467. The molecule has 0 amide bonds. The van der Waals surface area contributed by atoms with Crippen molar-refractivity contribution in [3.8, 4) is 0 Å². The molecule has 0 bridgehead atoms. The monoisotopic (exact) mass is 374 g/mol. The van der Waals surface area contributed by atoms with E-state index in [1.165, 1.54) is 16.1 Å². The largest absolute Gasteiger partial charge is 0.857 e. The summed E-state index contributed by atoms with van der Waals surface area (Å²) in [5.41, 5.74) is 8.49. The second-order valence-electron chi connectivity index (χ2n) is 6.03. The summed E-state index contributed by atoms with van der Waals surface area (Å²) in [4.78, 5) is 11.1. The first-order chi connectivity index (χ1) is 12.5. The highest BCUT2D eigenvalue weighted by atomic mass is 32.1. The zero-order valence-electron chi connectivity index (χ0n) is 14.4. The number of aryl methyl sites for hydroxylation is 2. The van der Waals surface area contributed by atoms with Crippen molar-refractivity contribution in [3.05, 3.63) is 28.4 Å². The van der Waals surface area contributed by atoms with Gasteiger partial charge in [-0.25, -0.2) is 9.98 Å². The lowest BCUT2D eigenvalue weighted by atomic mass is 10.2. The summed E-state index contributed by atoms with van der Waals surface area (Å²) >= 11 is 1.23. The summed E-state index contributed by atoms with van der Waals surface area (Å²) in [5.74, 6) is -0.343. The fourth-order valence-corrected chi connectivity index (χ4v) is 3.72. The normalized spacial score (nSPS) is 15.8. The Kier molecular flexibility index (Phi) is 4.21. The fraction of sp³-hybridized carbons (Fsp3) is 0.375. The van der Waals surface area contributed by atoms with E-state index in [4.69, 9.17) is 15.0 Å². The van der Waals surface area contributed by atoms with Crippen LogP contribution >= 0.6 is 11.3 Å². The predicted octanol–water partition coefficient (Wildman–Crippen LogP) is 0.178. The Morgan fingerprint density at radius 2 is 2.15 bits per heavy atom. The van der Waals surface area contributed by atoms with Gasteiger partial charge in [-0.2, -0.15) is 0 Å². The highest BCUT2D eigenvalue weighted by Crippen LogP contribution is 2.33. The summed E-state index contributed by atoms with van der Waals surface area (Å²) in [5, 5.41) is 19.2. The van der Waals surface area contributed by atoms with Crippen LogP contribution in [0.4, 0.5) is 11.6 Å². The van der Waals surface area contributed by atoms with E-state index < -0.39 is 5.90 Å². The molecule has 2 N–H and O–H groups in total. The summed E-state index contributed by atoms with van der Waals surface area (Å²) in [7, 11) is 0. The third-order valence-corrected chi connectivity index (χ3v) is 5.40. The van der Waals surface area contributed by atoms with Crippen LogP contribution in [0.15, 0.2) is 21.8 Å². The number of nitrogens with zero attached hydrogens (tertiary/aromatic N) is 5. The average molecular weight is 374 g/mol. The molecule has 4 heterocycles. The van der Waals surface area contributed by atoms with Gasteiger partial charge in [0, 0.05) is 17.0 Å². The molecule has 0 spiro atoms. The quantitative estimate of drug-likeness (QED) is 0.395. The van der Waals surface area contributed by atoms with Crippen molar-refractivity contribution >= 4 is 39.0 Å². The number of morpholine rings is 1. The van der Waals surface area contributed by atoms with E-state index in [1.54, 1.807) is 6.20 Å². The zero-order chi connectivity index (χ0) is 18.3. The average Bonchev–Trinajstić information content (AvgIpc) is 3.22. The van der Waals surface area contributed by atoms with Crippen LogP contribution in [-0.4, -0.2) is 42.5 Å². The maximum Gasteiger partial charge on any atom is 0.324 e. The van der Waals surface area contributed by atoms with E-state index in [0.29, 0.717) is 36.9 Å². The molecule has 10 heteroatoms. The van der Waals surface area contributed by atoms with E-state index >= 15 is 0 Å². The van der Waals surface area contributed by atoms with E-state index in [2.05, 4.69) is 15.2 Å². The minimum absolute atomic E-state index is 0.124. The molecule has 3 aromatic rings. The molecular weight excluding hydrogens is 356 g/mol. The van der Waals surface area contributed by atoms with Crippen molar-refractivity contribution in [3.63, 3.8) is 0 Å². The second kappa shape index (κ2) is 6.54. The molecule has 0 aliphatic carbocycles. The topological polar surface area (TPSA) is 117 Å². The SMILES string of the molecule is Cc1cc2c(N)c(/C([O-])=N/c3c[n+](N4CCOCC4)no3)sc2nc1C. The van der Waals surface area contributed by atoms with Crippen molar-refractivity contribution in [2.45, 2.75) is 13.8 Å². The van der Waals surface area contributed by atoms with Gasteiger partial charge in [-0.3, -0.25) is 4.52 Å². The van der Waals surface area contributed by atoms with Gasteiger partial charge in [0.15, 0.2) is 0 Å². The lowest BCUT2D eigenvalue weighted by molar-refractivity contribution is -0.759. The number of rotatable bonds is 3. The number of thiophene rings is 1. The Morgan fingerprint density at radius 3 is 2.92 bits per heavy atom. The molecule has 0 saturated carbocycles. The molecule has 0 atom stereocenters. The predicted molar refractivity (Wildman–Crippen MR) is 95.2 cm³/mol. The van der Waals surface area contributed by atoms with Gasteiger partial charge in [-0.1, -0.05) is 0 Å². The smallest absolute Gasteiger partial charge is 0.324 e. The van der Waals surface area contributed by atoms with Crippen LogP contribution in [0, 0.1) is 13.8 Å². The van der Waals surface area contributed by atoms with Crippen molar-refractivity contribution in [2.24, 2.45) is 4.99 Å². The maximum absolute atomic E-state index is 12.6. The Labute approximate surface area is 153 Å². The Balaban J connectivity index is 1.65. The number of anilines is 1. The number of nitrogens with two attached hydrogens (primary N) is 1. The van der Waals surface area contributed by atoms with Gasteiger partial charge in [0.05, 0.1) is 41.7 Å². The van der Waals surface area contributed by atoms with Gasteiger partial charge in [-0.05, 0) is 25.5 Å². The van der Waals surface area contributed by atoms with Gasteiger partial charge in [0.1, 0.15) is 4.83 Å². The molecule has 0 aromatic carbocycles. The number of aliphatic imine (C=N–C) groups is 1. The number of hydrogen-bond acceptors (Lipinski definition) is 9. The standard InChI is InChI=1S/C16H18N6O3S/c1-9-7-11-13(17)14(26-16(11)18-10(9)2)15(23)19-12-8-22(20-25-12)21-3-5-24-6-4-21/h7-8H,3-6H2,1-2H3,(H2-,17,19,20,23). The molecule has 1 saturated heterocycles. The van der Waals surface area contributed by atoms with Gasteiger partial charge >= 0.3 is 5.88 Å². The van der Waals surface area contributed by atoms with Gasteiger partial charge in [0.2, 0.25) is 5.27 Å². The molecule has 0 unspecified atom stereocenters. The molecule has 4 rings (SSSR count). The van der Waals surface area contributed by atoms with E-state index in [1.807, 2.05) is 24.9 Å². The molecule has 1 aliphatic heterocycles. The summed E-state index contributed by atoms with van der Waals surface area (Å²) in [6, 6.07) is 1.95. The molecule has 1 fully saturated rings. The first-order valence-electron chi connectivity index (χ1n) is 8.17. The first-order valence-corrected chi connectivity index (χ1v) is 8.98. The van der Waals surface area contributed by atoms with Crippen LogP contribution < -0.4 is 20.6 Å². The highest BCUT2D eigenvalue weighted by molar-refractivity contribution is 7.21. The molecule has 0 radical (unpaired) electrons. The third-order valence-electron chi connectivity index (χ3n) is 4.29. The highest BCUT2D eigenvalue weighted by Gasteiger charge is 2.23. The van der Waals surface area contributed by atoms with Crippen molar-refractivity contribution < 1.29 is 19.2 Å². The van der Waals surface area contributed by atoms with Crippen molar-refractivity contribution in [2.75, 3.05) is 37.0 Å². The summed E-state index contributed by atoms with van der Waals surface area (Å²) in [6.45, 7) is 6.51. The Morgan fingerprint density at radius 1 is 1.38 bits per heavy atom. The number of hydrogen-bond donors (Lipinski definition) is 1. The number of fused-ring (bicyclic) bond motifs is 1. The minimum Gasteiger partial charge on any atom is -0.857 e. The van der Waals surface area contributed by atoms with Crippen LogP contribution in [0.3, 0.4) is 0 Å². The van der Waals surface area contributed by atoms with E-state index in [-0.39, 0.29) is 5.88 Å². The fourth-order valence-electron chi connectivity index (χ4n) is 2.71. The number of nitrogen functional groups attached to an aromatic ring is 1.